The molecule has 0 aromatic heterocycles. The van der Waals surface area contributed by atoms with Gasteiger partial charge in [0, 0.05) is 13.0 Å². The molecule has 0 heterocycles. The number of unbranched alkanes of at least 4 members (excludes halogenated alkanes) is 1. The van der Waals surface area contributed by atoms with Crippen molar-refractivity contribution in [1.29, 1.82) is 0 Å². The highest BCUT2D eigenvalue weighted by Gasteiger charge is 2.01. The number of hydrogen-bond acceptors (Lipinski definition) is 3. The number of carbonyl (C=O) groups excluding carboxylic acids is 1. The fraction of sp³-hybridized carbons (Fsp3) is 0.909. The van der Waals surface area contributed by atoms with E-state index in [4.69, 9.17) is 9.47 Å². The second-order valence-electron chi connectivity index (χ2n) is 3.34. The smallest absolute Gasteiger partial charge is 0.305 e. The Morgan fingerprint density at radius 3 is 2.57 bits per heavy atom. The molecule has 0 spiro atoms. The Kier molecular flexibility index (Phi) is 8.64. The quantitative estimate of drug-likeness (QED) is 0.448. The van der Waals surface area contributed by atoms with Gasteiger partial charge in [-0.2, -0.15) is 0 Å². The van der Waals surface area contributed by atoms with Crippen molar-refractivity contribution in [2.45, 2.75) is 52.6 Å². The highest BCUT2D eigenvalue weighted by atomic mass is 16.5. The number of hydrogen-bond donors (Lipinski definition) is 0. The molecular weight excluding hydrogens is 180 g/mol. The molecule has 84 valence electrons. The average molecular weight is 202 g/mol. The molecule has 3 nitrogen and oxygen atoms in total. The normalized spacial score (nSPS) is 12.5. The zero-order chi connectivity index (χ0) is 10.8. The molecule has 14 heavy (non-hydrogen) atoms. The third-order valence-electron chi connectivity index (χ3n) is 2.01. The van der Waals surface area contributed by atoms with Gasteiger partial charge in [-0.15, -0.1) is 0 Å². The summed E-state index contributed by atoms with van der Waals surface area (Å²) in [7, 11) is 0. The standard InChI is InChI=1S/C11H22O3/c1-4-11(12)14-9-7-6-8-10(3)13-5-2/h10H,4-9H2,1-3H3. The van der Waals surface area contributed by atoms with Gasteiger partial charge in [0.05, 0.1) is 12.7 Å². The van der Waals surface area contributed by atoms with Gasteiger partial charge in [-0.3, -0.25) is 4.79 Å². The van der Waals surface area contributed by atoms with Gasteiger partial charge in [0.2, 0.25) is 0 Å². The Labute approximate surface area is 86.8 Å². The van der Waals surface area contributed by atoms with Crippen LogP contribution in [0.3, 0.4) is 0 Å². The van der Waals surface area contributed by atoms with Crippen LogP contribution in [0, 0.1) is 0 Å². The highest BCUT2D eigenvalue weighted by Crippen LogP contribution is 2.04. The zero-order valence-corrected chi connectivity index (χ0v) is 9.54. The molecule has 0 bridgehead atoms. The first kappa shape index (κ1) is 13.4. The van der Waals surface area contributed by atoms with Gasteiger partial charge >= 0.3 is 5.97 Å². The molecule has 0 aliphatic heterocycles. The molecule has 0 aromatic carbocycles. The fourth-order valence-electron chi connectivity index (χ4n) is 1.19. The Hall–Kier alpha value is -0.570. The second-order valence-corrected chi connectivity index (χ2v) is 3.34. The van der Waals surface area contributed by atoms with Crippen molar-refractivity contribution in [1.82, 2.24) is 0 Å². The van der Waals surface area contributed by atoms with Gasteiger partial charge in [-0.1, -0.05) is 6.92 Å². The SMILES string of the molecule is CCOC(C)CCCCOC(=O)CC. The first-order valence-corrected chi connectivity index (χ1v) is 5.47. The van der Waals surface area contributed by atoms with Crippen LogP contribution in [0.1, 0.15) is 46.5 Å². The van der Waals surface area contributed by atoms with Crippen molar-refractivity contribution in [3.05, 3.63) is 0 Å². The van der Waals surface area contributed by atoms with Crippen LogP contribution in [-0.2, 0) is 14.3 Å². The van der Waals surface area contributed by atoms with E-state index in [1.54, 1.807) is 6.92 Å². The number of esters is 1. The van der Waals surface area contributed by atoms with Crippen molar-refractivity contribution in [2.75, 3.05) is 13.2 Å². The number of rotatable bonds is 8. The lowest BCUT2D eigenvalue weighted by Crippen LogP contribution is -2.09. The Morgan fingerprint density at radius 1 is 1.29 bits per heavy atom. The molecule has 0 aliphatic carbocycles. The van der Waals surface area contributed by atoms with Gasteiger partial charge in [0.1, 0.15) is 0 Å². The molecule has 1 atom stereocenters. The van der Waals surface area contributed by atoms with Crippen LogP contribution in [0.5, 0.6) is 0 Å². The van der Waals surface area contributed by atoms with Crippen LogP contribution in [0.4, 0.5) is 0 Å². The molecule has 1 unspecified atom stereocenters. The van der Waals surface area contributed by atoms with Gasteiger partial charge in [-0.05, 0) is 33.1 Å². The largest absolute Gasteiger partial charge is 0.466 e. The van der Waals surface area contributed by atoms with Crippen LogP contribution < -0.4 is 0 Å². The van der Waals surface area contributed by atoms with E-state index in [-0.39, 0.29) is 5.97 Å². The summed E-state index contributed by atoms with van der Waals surface area (Å²) in [5.74, 6) is -0.108. The van der Waals surface area contributed by atoms with Crippen molar-refractivity contribution in [2.24, 2.45) is 0 Å². The summed E-state index contributed by atoms with van der Waals surface area (Å²) < 4.78 is 10.3. The van der Waals surface area contributed by atoms with E-state index >= 15 is 0 Å². The van der Waals surface area contributed by atoms with Gasteiger partial charge in [0.15, 0.2) is 0 Å². The lowest BCUT2D eigenvalue weighted by molar-refractivity contribution is -0.143. The van der Waals surface area contributed by atoms with E-state index in [0.29, 0.717) is 19.1 Å². The van der Waals surface area contributed by atoms with Crippen molar-refractivity contribution in [3.63, 3.8) is 0 Å². The van der Waals surface area contributed by atoms with Crippen LogP contribution >= 0.6 is 0 Å². The summed E-state index contributed by atoms with van der Waals surface area (Å²) in [6, 6.07) is 0. The van der Waals surface area contributed by atoms with Gasteiger partial charge < -0.3 is 9.47 Å². The summed E-state index contributed by atoms with van der Waals surface area (Å²) in [6.07, 6.45) is 3.82. The molecular formula is C11H22O3. The van der Waals surface area contributed by atoms with Crippen molar-refractivity contribution < 1.29 is 14.3 Å². The summed E-state index contributed by atoms with van der Waals surface area (Å²) in [4.78, 5) is 10.8. The van der Waals surface area contributed by atoms with E-state index < -0.39 is 0 Å². The number of ether oxygens (including phenoxy) is 2. The molecule has 0 saturated heterocycles. The predicted molar refractivity (Wildman–Crippen MR) is 56.2 cm³/mol. The Balaban J connectivity index is 3.17. The monoisotopic (exact) mass is 202 g/mol. The predicted octanol–water partition coefficient (Wildman–Crippen LogP) is 2.53. The topological polar surface area (TPSA) is 35.5 Å². The molecule has 0 saturated carbocycles. The van der Waals surface area contributed by atoms with E-state index in [0.717, 1.165) is 25.9 Å². The molecule has 0 radical (unpaired) electrons. The minimum absolute atomic E-state index is 0.108. The van der Waals surface area contributed by atoms with Crippen LogP contribution in [0.2, 0.25) is 0 Å². The van der Waals surface area contributed by atoms with Gasteiger partial charge in [0.25, 0.3) is 0 Å². The molecule has 0 amide bonds. The summed E-state index contributed by atoms with van der Waals surface area (Å²) in [5.41, 5.74) is 0. The Morgan fingerprint density at radius 2 is 2.00 bits per heavy atom. The minimum Gasteiger partial charge on any atom is -0.466 e. The maximum Gasteiger partial charge on any atom is 0.305 e. The first-order chi connectivity index (χ1) is 6.70. The minimum atomic E-state index is -0.108. The molecule has 0 fully saturated rings. The first-order valence-electron chi connectivity index (χ1n) is 5.47. The fourth-order valence-corrected chi connectivity index (χ4v) is 1.19. The third-order valence-corrected chi connectivity index (χ3v) is 2.01. The van der Waals surface area contributed by atoms with Crippen LogP contribution in [-0.4, -0.2) is 25.3 Å². The van der Waals surface area contributed by atoms with Crippen molar-refractivity contribution >= 4 is 5.97 Å². The maximum absolute atomic E-state index is 10.8. The average Bonchev–Trinajstić information content (AvgIpc) is 2.17. The maximum atomic E-state index is 10.8. The molecule has 0 aromatic rings. The molecule has 3 heteroatoms. The zero-order valence-electron chi connectivity index (χ0n) is 9.54. The molecule has 0 N–H and O–H groups in total. The van der Waals surface area contributed by atoms with E-state index in [9.17, 15) is 4.79 Å². The second kappa shape index (κ2) is 9.00. The lowest BCUT2D eigenvalue weighted by Gasteiger charge is -2.10. The van der Waals surface area contributed by atoms with E-state index in [1.807, 2.05) is 6.92 Å². The van der Waals surface area contributed by atoms with Crippen LogP contribution in [0.25, 0.3) is 0 Å². The van der Waals surface area contributed by atoms with Crippen LogP contribution in [0.15, 0.2) is 0 Å². The van der Waals surface area contributed by atoms with E-state index in [2.05, 4.69) is 6.92 Å². The van der Waals surface area contributed by atoms with Gasteiger partial charge in [-0.25, -0.2) is 0 Å². The number of carbonyl (C=O) groups is 1. The third kappa shape index (κ3) is 8.05. The molecule has 0 rings (SSSR count). The van der Waals surface area contributed by atoms with E-state index in [1.165, 1.54) is 0 Å². The Bertz CT molecular complexity index is 145. The summed E-state index contributed by atoms with van der Waals surface area (Å²) in [5, 5.41) is 0. The summed E-state index contributed by atoms with van der Waals surface area (Å²) >= 11 is 0. The van der Waals surface area contributed by atoms with Crippen molar-refractivity contribution in [3.8, 4) is 0 Å². The summed E-state index contributed by atoms with van der Waals surface area (Å²) in [6.45, 7) is 7.19. The molecule has 0 aliphatic rings. The lowest BCUT2D eigenvalue weighted by atomic mass is 10.2. The highest BCUT2D eigenvalue weighted by molar-refractivity contribution is 5.68.